The molecule has 1 fully saturated rings. The molecule has 2 rings (SSSR count). The Balaban J connectivity index is 0.00000200. The van der Waals surface area contributed by atoms with Crippen molar-refractivity contribution in [1.29, 1.82) is 0 Å². The van der Waals surface area contributed by atoms with Crippen molar-refractivity contribution < 1.29 is 4.74 Å². The maximum Gasteiger partial charge on any atom is 0.193 e. The Bertz CT molecular complexity index is 445. The first-order valence-electron chi connectivity index (χ1n) is 6.95. The van der Waals surface area contributed by atoms with Gasteiger partial charge in [0.15, 0.2) is 5.96 Å². The van der Waals surface area contributed by atoms with Gasteiger partial charge in [-0.15, -0.1) is 24.0 Å². The summed E-state index contributed by atoms with van der Waals surface area (Å²) in [5.74, 6) is 2.09. The molecular weight excluding hydrogens is 365 g/mol. The van der Waals surface area contributed by atoms with Gasteiger partial charge in [0.05, 0.1) is 12.1 Å². The lowest BCUT2D eigenvalue weighted by molar-refractivity contribution is 0.242. The van der Waals surface area contributed by atoms with Crippen LogP contribution in [-0.2, 0) is 0 Å². The third-order valence-corrected chi connectivity index (χ3v) is 3.21. The predicted molar refractivity (Wildman–Crippen MR) is 95.1 cm³/mol. The highest BCUT2D eigenvalue weighted by Crippen LogP contribution is 2.36. The Labute approximate surface area is 138 Å². The van der Waals surface area contributed by atoms with Gasteiger partial charge in [-0.3, -0.25) is 0 Å². The van der Waals surface area contributed by atoms with E-state index >= 15 is 0 Å². The minimum Gasteiger partial charge on any atom is -0.491 e. The van der Waals surface area contributed by atoms with Gasteiger partial charge < -0.3 is 15.8 Å². The van der Waals surface area contributed by atoms with Crippen LogP contribution in [0, 0.1) is 5.92 Å². The topological polar surface area (TPSA) is 59.6 Å². The first-order valence-corrected chi connectivity index (χ1v) is 6.95. The van der Waals surface area contributed by atoms with Crippen molar-refractivity contribution in [2.75, 3.05) is 5.32 Å². The quantitative estimate of drug-likeness (QED) is 0.460. The minimum absolute atomic E-state index is 0. The van der Waals surface area contributed by atoms with Crippen molar-refractivity contribution in [1.82, 2.24) is 0 Å². The van der Waals surface area contributed by atoms with Crippen LogP contribution in [0.5, 0.6) is 5.75 Å². The van der Waals surface area contributed by atoms with Crippen LogP contribution in [0.4, 0.5) is 5.69 Å². The van der Waals surface area contributed by atoms with Gasteiger partial charge in [0.1, 0.15) is 5.75 Å². The molecule has 3 N–H and O–H groups in total. The highest BCUT2D eigenvalue weighted by atomic mass is 127. The van der Waals surface area contributed by atoms with Crippen molar-refractivity contribution in [2.45, 2.75) is 45.8 Å². The number of nitrogens with two attached hydrogens (primary N) is 1. The number of guanidine groups is 1. The monoisotopic (exact) mass is 389 g/mol. The molecule has 0 unspecified atom stereocenters. The molecule has 4 nitrogen and oxygen atoms in total. The smallest absolute Gasteiger partial charge is 0.193 e. The van der Waals surface area contributed by atoms with Crippen LogP contribution in [0.25, 0.3) is 0 Å². The summed E-state index contributed by atoms with van der Waals surface area (Å²) in [4.78, 5) is 4.46. The van der Waals surface area contributed by atoms with Crippen LogP contribution in [0.2, 0.25) is 0 Å². The zero-order chi connectivity index (χ0) is 13.8. The van der Waals surface area contributed by atoms with Crippen molar-refractivity contribution in [2.24, 2.45) is 16.6 Å². The lowest BCUT2D eigenvalue weighted by atomic mass is 10.3. The molecule has 1 aromatic rings. The number of rotatable bonds is 5. The first kappa shape index (κ1) is 17.1. The van der Waals surface area contributed by atoms with Crippen LogP contribution in [0.3, 0.4) is 0 Å². The molecular formula is C15H24IN3O. The Kier molecular flexibility index (Phi) is 6.58. The highest BCUT2D eigenvalue weighted by Gasteiger charge is 2.35. The fourth-order valence-electron chi connectivity index (χ4n) is 2.08. The number of nitrogens with one attached hydrogen (secondary N) is 1. The van der Waals surface area contributed by atoms with E-state index in [0.29, 0.717) is 12.0 Å². The molecule has 0 amide bonds. The summed E-state index contributed by atoms with van der Waals surface area (Å²) in [5, 5.41) is 3.11. The first-order chi connectivity index (χ1) is 9.08. The molecule has 0 bridgehead atoms. The number of hydrogen-bond acceptors (Lipinski definition) is 2. The van der Waals surface area contributed by atoms with Gasteiger partial charge in [-0.25, -0.2) is 4.99 Å². The molecule has 0 radical (unpaired) electrons. The van der Waals surface area contributed by atoms with Gasteiger partial charge in [0, 0.05) is 5.69 Å². The maximum atomic E-state index is 5.89. The average Bonchev–Trinajstić information content (AvgIpc) is 3.09. The number of anilines is 1. The summed E-state index contributed by atoms with van der Waals surface area (Å²) < 4.78 is 5.59. The molecule has 112 valence electrons. The van der Waals surface area contributed by atoms with E-state index in [0.717, 1.165) is 17.4 Å². The van der Waals surface area contributed by atoms with Gasteiger partial charge >= 0.3 is 0 Å². The number of hydrogen-bond donors (Lipinski definition) is 2. The van der Waals surface area contributed by atoms with Crippen LogP contribution in [0.1, 0.15) is 33.6 Å². The molecule has 5 heteroatoms. The standard InChI is InChI=1S/C15H23N3O.HI/c1-4-11-9-14(11)18-15(16)17-12-5-7-13(8-6-12)19-10(2)3;/h5-8,10-11,14H,4,9H2,1-3H3,(H3,16,17,18);1H/t11-,14-;/m1./s1. The van der Waals surface area contributed by atoms with Gasteiger partial charge in [-0.1, -0.05) is 13.3 Å². The molecule has 0 aromatic heterocycles. The fourth-order valence-corrected chi connectivity index (χ4v) is 2.08. The summed E-state index contributed by atoms with van der Waals surface area (Å²) in [6.45, 7) is 6.21. The SMILES string of the molecule is CC[C@@H]1C[C@H]1N=C(N)Nc1ccc(OC(C)C)cc1.I. The van der Waals surface area contributed by atoms with E-state index in [9.17, 15) is 0 Å². The second-order valence-corrected chi connectivity index (χ2v) is 5.30. The minimum atomic E-state index is 0. The van der Waals surface area contributed by atoms with E-state index in [4.69, 9.17) is 10.5 Å². The van der Waals surface area contributed by atoms with Gasteiger partial charge in [-0.2, -0.15) is 0 Å². The zero-order valence-corrected chi connectivity index (χ0v) is 14.6. The van der Waals surface area contributed by atoms with Crippen molar-refractivity contribution >= 4 is 35.6 Å². The number of aliphatic imine (C=N–C) groups is 1. The lowest BCUT2D eigenvalue weighted by Gasteiger charge is -2.10. The third kappa shape index (κ3) is 5.19. The summed E-state index contributed by atoms with van der Waals surface area (Å²) in [5.41, 5.74) is 6.83. The predicted octanol–water partition coefficient (Wildman–Crippen LogP) is 3.62. The van der Waals surface area contributed by atoms with Crippen molar-refractivity contribution in [3.8, 4) is 5.75 Å². The molecule has 0 spiro atoms. The van der Waals surface area contributed by atoms with Crippen LogP contribution < -0.4 is 15.8 Å². The molecule has 1 aromatic carbocycles. The number of benzene rings is 1. The molecule has 1 aliphatic rings. The van der Waals surface area contributed by atoms with Gasteiger partial charge in [0.2, 0.25) is 0 Å². The largest absolute Gasteiger partial charge is 0.491 e. The molecule has 0 heterocycles. The van der Waals surface area contributed by atoms with Crippen LogP contribution in [-0.4, -0.2) is 18.1 Å². The molecule has 20 heavy (non-hydrogen) atoms. The Hall–Kier alpha value is -0.980. The summed E-state index contributed by atoms with van der Waals surface area (Å²) in [6.07, 6.45) is 2.54. The van der Waals surface area contributed by atoms with E-state index in [1.54, 1.807) is 0 Å². The lowest BCUT2D eigenvalue weighted by Crippen LogP contribution is -2.23. The Morgan fingerprint density at radius 1 is 1.40 bits per heavy atom. The van der Waals surface area contributed by atoms with E-state index in [-0.39, 0.29) is 30.1 Å². The fraction of sp³-hybridized carbons (Fsp3) is 0.533. The van der Waals surface area contributed by atoms with E-state index in [2.05, 4.69) is 17.2 Å². The molecule has 0 saturated heterocycles. The number of ether oxygens (including phenoxy) is 1. The summed E-state index contributed by atoms with van der Waals surface area (Å²) >= 11 is 0. The Morgan fingerprint density at radius 2 is 2.05 bits per heavy atom. The van der Waals surface area contributed by atoms with Gasteiger partial charge in [-0.05, 0) is 50.5 Å². The summed E-state index contributed by atoms with van der Waals surface area (Å²) in [7, 11) is 0. The molecule has 2 atom stereocenters. The maximum absolute atomic E-state index is 5.89. The van der Waals surface area contributed by atoms with E-state index in [1.807, 2.05) is 38.1 Å². The number of halogens is 1. The second kappa shape index (κ2) is 7.71. The van der Waals surface area contributed by atoms with Gasteiger partial charge in [0.25, 0.3) is 0 Å². The van der Waals surface area contributed by atoms with Crippen LogP contribution >= 0.6 is 24.0 Å². The van der Waals surface area contributed by atoms with E-state index < -0.39 is 0 Å². The number of nitrogens with zero attached hydrogens (tertiary/aromatic N) is 1. The second-order valence-electron chi connectivity index (χ2n) is 5.30. The zero-order valence-electron chi connectivity index (χ0n) is 12.3. The van der Waals surface area contributed by atoms with Crippen molar-refractivity contribution in [3.05, 3.63) is 24.3 Å². The molecule has 1 saturated carbocycles. The third-order valence-electron chi connectivity index (χ3n) is 3.21. The van der Waals surface area contributed by atoms with E-state index in [1.165, 1.54) is 12.8 Å². The normalized spacial score (nSPS) is 21.3. The van der Waals surface area contributed by atoms with Crippen LogP contribution in [0.15, 0.2) is 29.3 Å². The highest BCUT2D eigenvalue weighted by molar-refractivity contribution is 14.0. The summed E-state index contributed by atoms with van der Waals surface area (Å²) in [6, 6.07) is 8.18. The molecule has 0 aliphatic heterocycles. The average molecular weight is 389 g/mol. The Morgan fingerprint density at radius 3 is 2.55 bits per heavy atom. The van der Waals surface area contributed by atoms with Crippen molar-refractivity contribution in [3.63, 3.8) is 0 Å². The molecule has 1 aliphatic carbocycles.